The molecule has 3 nitrogen and oxygen atoms in total. The van der Waals surface area contributed by atoms with E-state index in [0.29, 0.717) is 11.3 Å². The molecule has 1 aliphatic rings. The number of benzene rings is 2. The van der Waals surface area contributed by atoms with E-state index < -0.39 is 0 Å². The smallest absolute Gasteiger partial charge is 0.263 e. The van der Waals surface area contributed by atoms with E-state index in [2.05, 4.69) is 11.6 Å². The molecule has 0 atom stereocenters. The topological polar surface area (TPSA) is 33.2 Å². The fourth-order valence-electron chi connectivity index (χ4n) is 2.81. The van der Waals surface area contributed by atoms with Gasteiger partial charge in [-0.2, -0.15) is 0 Å². The van der Waals surface area contributed by atoms with E-state index in [1.165, 1.54) is 0 Å². The summed E-state index contributed by atoms with van der Waals surface area (Å²) >= 11 is 0. The summed E-state index contributed by atoms with van der Waals surface area (Å²) in [5.74, 6) is -0.0475. The molecule has 0 saturated carbocycles. The summed E-state index contributed by atoms with van der Waals surface area (Å²) in [6.45, 7) is 4.09. The van der Waals surface area contributed by atoms with E-state index in [1.807, 2.05) is 54.6 Å². The fourth-order valence-corrected chi connectivity index (χ4v) is 2.81. The minimum absolute atomic E-state index is 0.0475. The third kappa shape index (κ3) is 1.61. The van der Waals surface area contributed by atoms with Gasteiger partial charge in [0.15, 0.2) is 0 Å². The number of pyridine rings is 1. The first-order valence-electron chi connectivity index (χ1n) is 6.74. The van der Waals surface area contributed by atoms with Gasteiger partial charge < -0.3 is 0 Å². The molecule has 21 heavy (non-hydrogen) atoms. The van der Waals surface area contributed by atoms with Crippen LogP contribution < -0.4 is 4.90 Å². The summed E-state index contributed by atoms with van der Waals surface area (Å²) in [5.41, 5.74) is 3.86. The van der Waals surface area contributed by atoms with Gasteiger partial charge in [0.1, 0.15) is 0 Å². The Labute approximate surface area is 122 Å². The van der Waals surface area contributed by atoms with Gasteiger partial charge in [0.2, 0.25) is 0 Å². The number of aromatic nitrogens is 1. The van der Waals surface area contributed by atoms with Crippen molar-refractivity contribution in [3.8, 4) is 0 Å². The highest BCUT2D eigenvalue weighted by molar-refractivity contribution is 6.24. The largest absolute Gasteiger partial charge is 0.275 e. The third-order valence-corrected chi connectivity index (χ3v) is 3.79. The molecule has 3 heteroatoms. The lowest BCUT2D eigenvalue weighted by Crippen LogP contribution is -2.22. The van der Waals surface area contributed by atoms with Gasteiger partial charge in [-0.1, -0.05) is 43.0 Å². The number of amides is 1. The Bertz CT molecular complexity index is 858. The van der Waals surface area contributed by atoms with Crippen molar-refractivity contribution in [2.45, 2.75) is 0 Å². The van der Waals surface area contributed by atoms with Crippen LogP contribution in [0.4, 0.5) is 5.69 Å². The summed E-state index contributed by atoms with van der Waals surface area (Å²) in [4.78, 5) is 18.8. The molecule has 100 valence electrons. The molecule has 1 aromatic heterocycles. The van der Waals surface area contributed by atoms with Crippen LogP contribution in [0.25, 0.3) is 16.6 Å². The van der Waals surface area contributed by atoms with Crippen molar-refractivity contribution in [1.82, 2.24) is 4.98 Å². The summed E-state index contributed by atoms with van der Waals surface area (Å²) in [6, 6.07) is 17.3. The SMILES string of the molecule is C=C1c2ccccc2C(=O)N1c1cccc2cccnc12. The second-order valence-corrected chi connectivity index (χ2v) is 4.99. The highest BCUT2D eigenvalue weighted by Gasteiger charge is 2.32. The quantitative estimate of drug-likeness (QED) is 0.673. The Balaban J connectivity index is 1.95. The molecule has 1 amide bonds. The molecule has 0 spiro atoms. The maximum absolute atomic E-state index is 12.7. The molecule has 0 saturated heterocycles. The van der Waals surface area contributed by atoms with Gasteiger partial charge in [-0.25, -0.2) is 0 Å². The van der Waals surface area contributed by atoms with Crippen LogP contribution in [0.3, 0.4) is 0 Å². The first-order valence-corrected chi connectivity index (χ1v) is 6.74. The van der Waals surface area contributed by atoms with Gasteiger partial charge in [-0.3, -0.25) is 14.7 Å². The zero-order chi connectivity index (χ0) is 14.4. The average Bonchev–Trinajstić information content (AvgIpc) is 2.79. The molecule has 0 fully saturated rings. The first kappa shape index (κ1) is 11.9. The van der Waals surface area contributed by atoms with E-state index >= 15 is 0 Å². The molecule has 0 N–H and O–H groups in total. The van der Waals surface area contributed by atoms with Crippen LogP contribution in [0, 0.1) is 0 Å². The van der Waals surface area contributed by atoms with Crippen LogP contribution in [0.5, 0.6) is 0 Å². The molecule has 0 unspecified atom stereocenters. The van der Waals surface area contributed by atoms with Crippen molar-refractivity contribution in [2.75, 3.05) is 4.90 Å². The van der Waals surface area contributed by atoms with E-state index in [9.17, 15) is 4.79 Å². The maximum Gasteiger partial charge on any atom is 0.263 e. The Morgan fingerprint density at radius 3 is 2.48 bits per heavy atom. The summed E-state index contributed by atoms with van der Waals surface area (Å²) < 4.78 is 0. The van der Waals surface area contributed by atoms with Crippen molar-refractivity contribution in [3.05, 3.63) is 78.5 Å². The minimum atomic E-state index is -0.0475. The number of hydrogen-bond acceptors (Lipinski definition) is 2. The molecule has 0 aliphatic carbocycles. The number of carbonyl (C=O) groups is 1. The summed E-state index contributed by atoms with van der Waals surface area (Å²) in [7, 11) is 0. The third-order valence-electron chi connectivity index (χ3n) is 3.79. The molecule has 4 rings (SSSR count). The molecule has 2 heterocycles. The van der Waals surface area contributed by atoms with Gasteiger partial charge in [0.05, 0.1) is 16.9 Å². The van der Waals surface area contributed by atoms with Crippen molar-refractivity contribution < 1.29 is 4.79 Å². The monoisotopic (exact) mass is 272 g/mol. The molecule has 3 aromatic rings. The second kappa shape index (κ2) is 4.28. The van der Waals surface area contributed by atoms with E-state index in [4.69, 9.17) is 0 Å². The predicted octanol–water partition coefficient (Wildman–Crippen LogP) is 3.87. The molecule has 0 bridgehead atoms. The lowest BCUT2D eigenvalue weighted by molar-refractivity contribution is 0.101. The van der Waals surface area contributed by atoms with Gasteiger partial charge in [0, 0.05) is 22.7 Å². The van der Waals surface area contributed by atoms with Crippen molar-refractivity contribution in [3.63, 3.8) is 0 Å². The lowest BCUT2D eigenvalue weighted by atomic mass is 10.1. The van der Waals surface area contributed by atoms with Gasteiger partial charge in [0.25, 0.3) is 5.91 Å². The fraction of sp³-hybridized carbons (Fsp3) is 0. The standard InChI is InChI=1S/C18H12N2O/c1-12-14-8-2-3-9-15(14)18(21)20(12)16-10-4-6-13-7-5-11-19-17(13)16/h2-11H,1H2. The van der Waals surface area contributed by atoms with E-state index in [-0.39, 0.29) is 5.91 Å². The zero-order valence-electron chi connectivity index (χ0n) is 11.3. The van der Waals surface area contributed by atoms with Crippen LogP contribution >= 0.6 is 0 Å². The highest BCUT2D eigenvalue weighted by Crippen LogP contribution is 2.38. The summed E-state index contributed by atoms with van der Waals surface area (Å²) in [6.07, 6.45) is 1.74. The normalized spacial score (nSPS) is 13.8. The molecule has 1 aliphatic heterocycles. The van der Waals surface area contributed by atoms with Gasteiger partial charge in [-0.15, -0.1) is 0 Å². The van der Waals surface area contributed by atoms with Crippen LogP contribution in [0.1, 0.15) is 15.9 Å². The highest BCUT2D eigenvalue weighted by atomic mass is 16.2. The lowest BCUT2D eigenvalue weighted by Gasteiger charge is -2.18. The number of para-hydroxylation sites is 1. The number of hydrogen-bond donors (Lipinski definition) is 0. The van der Waals surface area contributed by atoms with Gasteiger partial charge in [-0.05, 0) is 18.2 Å². The number of fused-ring (bicyclic) bond motifs is 2. The number of carbonyl (C=O) groups excluding carboxylic acids is 1. The Morgan fingerprint density at radius 1 is 0.905 bits per heavy atom. The maximum atomic E-state index is 12.7. The van der Waals surface area contributed by atoms with Crippen LogP contribution in [-0.2, 0) is 0 Å². The number of rotatable bonds is 1. The second-order valence-electron chi connectivity index (χ2n) is 4.99. The average molecular weight is 272 g/mol. The molecular weight excluding hydrogens is 260 g/mol. The number of nitrogens with zero attached hydrogens (tertiary/aromatic N) is 2. The Kier molecular flexibility index (Phi) is 2.42. The van der Waals surface area contributed by atoms with Crippen LogP contribution in [0.2, 0.25) is 0 Å². The van der Waals surface area contributed by atoms with E-state index in [1.54, 1.807) is 11.1 Å². The first-order chi connectivity index (χ1) is 10.3. The molecule has 0 radical (unpaired) electrons. The van der Waals surface area contributed by atoms with Crippen molar-refractivity contribution in [2.24, 2.45) is 0 Å². The summed E-state index contributed by atoms with van der Waals surface area (Å²) in [5, 5.41) is 1.01. The molecular formula is C18H12N2O. The zero-order valence-corrected chi connectivity index (χ0v) is 11.3. The predicted molar refractivity (Wildman–Crippen MR) is 84.0 cm³/mol. The van der Waals surface area contributed by atoms with Crippen molar-refractivity contribution >= 4 is 28.2 Å². The van der Waals surface area contributed by atoms with Gasteiger partial charge >= 0.3 is 0 Å². The number of anilines is 1. The Hall–Kier alpha value is -2.94. The van der Waals surface area contributed by atoms with Crippen LogP contribution in [-0.4, -0.2) is 10.9 Å². The van der Waals surface area contributed by atoms with Crippen molar-refractivity contribution in [1.29, 1.82) is 0 Å². The van der Waals surface area contributed by atoms with E-state index in [0.717, 1.165) is 22.2 Å². The molecule has 2 aromatic carbocycles. The minimum Gasteiger partial charge on any atom is -0.275 e. The van der Waals surface area contributed by atoms with Crippen LogP contribution in [0.15, 0.2) is 67.4 Å². The Morgan fingerprint density at radius 2 is 1.67 bits per heavy atom.